The highest BCUT2D eigenvalue weighted by atomic mass is 19.1. The summed E-state index contributed by atoms with van der Waals surface area (Å²) >= 11 is 0. The maximum Gasteiger partial charge on any atom is 0.178 e. The molecule has 43 heavy (non-hydrogen) atoms. The van der Waals surface area contributed by atoms with Gasteiger partial charge < -0.3 is 30.0 Å². The van der Waals surface area contributed by atoms with Gasteiger partial charge in [-0.2, -0.15) is 0 Å². The molecule has 2 aliphatic rings. The van der Waals surface area contributed by atoms with Crippen LogP contribution in [0.5, 0.6) is 5.75 Å². The van der Waals surface area contributed by atoms with E-state index in [4.69, 9.17) is 10.2 Å². The van der Waals surface area contributed by atoms with E-state index in [0.717, 1.165) is 44.7 Å². The summed E-state index contributed by atoms with van der Waals surface area (Å²) < 4.78 is 24.9. The van der Waals surface area contributed by atoms with Crippen molar-refractivity contribution in [2.45, 2.75) is 38.8 Å². The number of rotatable bonds is 8. The fourth-order valence-electron chi connectivity index (χ4n) is 6.13. The van der Waals surface area contributed by atoms with Crippen molar-refractivity contribution < 1.29 is 13.9 Å². The number of aromatic hydroxyl groups is 1. The van der Waals surface area contributed by atoms with Crippen molar-refractivity contribution in [1.82, 2.24) is 9.88 Å². The number of nitrogens with one attached hydrogen (secondary N) is 1. The van der Waals surface area contributed by atoms with Crippen molar-refractivity contribution in [2.24, 2.45) is 5.73 Å². The fraction of sp³-hybridized carbons (Fsp3) is 0.250. The summed E-state index contributed by atoms with van der Waals surface area (Å²) in [6.45, 7) is 11.3. The molecule has 0 radical (unpaired) electrons. The Hall–Kier alpha value is -4.55. The number of fused-ring (bicyclic) bond motifs is 3. The van der Waals surface area contributed by atoms with E-state index in [-0.39, 0.29) is 11.8 Å². The van der Waals surface area contributed by atoms with Gasteiger partial charge in [-0.15, -0.1) is 5.73 Å². The third-order valence-electron chi connectivity index (χ3n) is 8.23. The van der Waals surface area contributed by atoms with Gasteiger partial charge in [-0.3, -0.25) is 0 Å². The lowest BCUT2D eigenvalue weighted by molar-refractivity contribution is 0.403. The van der Waals surface area contributed by atoms with Crippen molar-refractivity contribution >= 4 is 44.3 Å². The van der Waals surface area contributed by atoms with E-state index in [2.05, 4.69) is 54.4 Å². The number of hydrogen-bond acceptors (Lipinski definition) is 5. The fourth-order valence-corrected chi connectivity index (χ4v) is 6.13. The molecule has 4 aromatic rings. The second-order valence-electron chi connectivity index (χ2n) is 12.0. The average Bonchev–Trinajstić information content (AvgIpc) is 2.96. The minimum atomic E-state index is -0.523. The zero-order valence-corrected chi connectivity index (χ0v) is 25.0. The van der Waals surface area contributed by atoms with Crippen molar-refractivity contribution in [3.05, 3.63) is 102 Å². The number of hydrogen-bond donors (Lipinski definition) is 3. The Labute approximate surface area is 250 Å². The van der Waals surface area contributed by atoms with E-state index in [0.29, 0.717) is 35.3 Å². The molecular weight excluding hydrogens is 539 g/mol. The van der Waals surface area contributed by atoms with Crippen LogP contribution in [0.1, 0.15) is 31.9 Å². The molecule has 0 saturated heterocycles. The lowest BCUT2D eigenvalue weighted by atomic mass is 9.90. The van der Waals surface area contributed by atoms with Gasteiger partial charge in [0.2, 0.25) is 0 Å². The van der Waals surface area contributed by atoms with Crippen molar-refractivity contribution in [2.75, 3.05) is 25.0 Å². The first-order valence-electron chi connectivity index (χ1n) is 14.6. The van der Waals surface area contributed by atoms with Crippen LogP contribution in [0.2, 0.25) is 0 Å². The minimum absolute atomic E-state index is 0.160. The molecule has 1 atom stereocenters. The standard InChI is InChI=1S/C36H37FN4O2/c1-6-27-28-19-30(37)34(40(5)20-22(2)38)35-33(28)41(31-17-24-9-7-8-10-25(24)18-32(31)43-35)21-29(27)36(3,4)39-16-15-23-11-13-26(42)14-12-23/h7-14,17-19,21-22,39,42H,1,15-16,20,38H2,2-5H3. The predicted molar refractivity (Wildman–Crippen MR) is 175 cm³/mol. The maximum atomic E-state index is 16.2. The highest BCUT2D eigenvalue weighted by molar-refractivity contribution is 6.01. The molecule has 0 fully saturated rings. The number of phenolic OH excluding ortho intramolecular Hbond substituents is 1. The average molecular weight is 577 g/mol. The Bertz CT molecular complexity index is 2030. The van der Waals surface area contributed by atoms with Crippen molar-refractivity contribution in [3.8, 4) is 11.4 Å². The number of phenols is 1. The number of benzene rings is 4. The van der Waals surface area contributed by atoms with Gasteiger partial charge in [0.25, 0.3) is 0 Å². The summed E-state index contributed by atoms with van der Waals surface area (Å²) in [6.07, 6.45) is 2.89. The van der Waals surface area contributed by atoms with Crippen LogP contribution in [0.25, 0.3) is 44.3 Å². The Balaban J connectivity index is 1.60. The van der Waals surface area contributed by atoms with E-state index in [1.54, 1.807) is 18.2 Å². The van der Waals surface area contributed by atoms with E-state index >= 15 is 4.39 Å². The molecule has 4 N–H and O–H groups in total. The third kappa shape index (κ3) is 5.17. The molecule has 0 saturated carbocycles. The smallest absolute Gasteiger partial charge is 0.178 e. The van der Waals surface area contributed by atoms with Crippen LogP contribution in [0.15, 0.2) is 83.9 Å². The number of likely N-dealkylation sites (N-methyl/N-ethyl adjacent to an activating group) is 1. The lowest BCUT2D eigenvalue weighted by Gasteiger charge is -2.31. The molecular formula is C36H37FN4O2. The van der Waals surface area contributed by atoms with Crippen LogP contribution in [0.3, 0.4) is 0 Å². The molecule has 0 aromatic heterocycles. The summed E-state index contributed by atoms with van der Waals surface area (Å²) in [4.78, 5) is 1.82. The number of nitrogens with zero attached hydrogens (tertiary/aromatic N) is 2. The van der Waals surface area contributed by atoms with Gasteiger partial charge in [-0.1, -0.05) is 43.0 Å². The summed E-state index contributed by atoms with van der Waals surface area (Å²) in [5.41, 5.74) is 13.9. The summed E-state index contributed by atoms with van der Waals surface area (Å²) in [7, 11) is 1.84. The van der Waals surface area contributed by atoms with E-state index in [1.807, 2.05) is 55.3 Å². The van der Waals surface area contributed by atoms with Gasteiger partial charge in [0.1, 0.15) is 11.4 Å². The van der Waals surface area contributed by atoms with Gasteiger partial charge in [-0.25, -0.2) is 4.39 Å². The van der Waals surface area contributed by atoms with Gasteiger partial charge in [-0.05, 0) is 80.4 Å². The summed E-state index contributed by atoms with van der Waals surface area (Å²) in [5, 5.41) is 16.8. The number of nitrogens with two attached hydrogens (primary N) is 1. The molecule has 0 spiro atoms. The Morgan fingerprint density at radius 3 is 2.49 bits per heavy atom. The van der Waals surface area contributed by atoms with Crippen LogP contribution in [-0.2, 0) is 12.0 Å². The molecule has 6 nitrogen and oxygen atoms in total. The first kappa shape index (κ1) is 28.6. The Morgan fingerprint density at radius 1 is 1.12 bits per heavy atom. The summed E-state index contributed by atoms with van der Waals surface area (Å²) in [5.74, 6) is -0.144. The van der Waals surface area contributed by atoms with Crippen molar-refractivity contribution in [1.29, 1.82) is 0 Å². The zero-order valence-electron chi connectivity index (χ0n) is 25.0. The molecule has 0 bridgehead atoms. The minimum Gasteiger partial charge on any atom is -0.508 e. The SMILES string of the molecule is C=C=c1c(C(C)(C)NCCc2ccc(O)cc2)cn2c3cc4ccccc4cc3oc3c(N(C)CC(C)N)c(F)cc1c3-2. The van der Waals surface area contributed by atoms with E-state index in [9.17, 15) is 5.11 Å². The predicted octanol–water partition coefficient (Wildman–Crippen LogP) is 6.51. The third-order valence-corrected chi connectivity index (χ3v) is 8.23. The van der Waals surface area contributed by atoms with Crippen LogP contribution in [0, 0.1) is 5.82 Å². The molecule has 0 amide bonds. The second kappa shape index (κ2) is 10.9. The number of anilines is 1. The monoisotopic (exact) mass is 576 g/mol. The first-order chi connectivity index (χ1) is 20.6. The molecule has 4 aromatic carbocycles. The highest BCUT2D eigenvalue weighted by Gasteiger charge is 2.29. The number of halogens is 1. The lowest BCUT2D eigenvalue weighted by Crippen LogP contribution is -2.42. The van der Waals surface area contributed by atoms with Gasteiger partial charge in [0.05, 0.1) is 11.2 Å². The van der Waals surface area contributed by atoms with Crippen LogP contribution in [0.4, 0.5) is 10.1 Å². The molecule has 2 aliphatic heterocycles. The molecule has 1 unspecified atom stereocenters. The molecule has 7 heteroatoms. The van der Waals surface area contributed by atoms with Gasteiger partial charge >= 0.3 is 0 Å². The molecule has 220 valence electrons. The van der Waals surface area contributed by atoms with Crippen LogP contribution in [-0.4, -0.2) is 35.9 Å². The first-order valence-corrected chi connectivity index (χ1v) is 14.6. The zero-order chi connectivity index (χ0) is 30.5. The second-order valence-corrected chi connectivity index (χ2v) is 12.0. The highest BCUT2D eigenvalue weighted by Crippen LogP contribution is 2.40. The Morgan fingerprint density at radius 2 is 1.81 bits per heavy atom. The van der Waals surface area contributed by atoms with Gasteiger partial charge in [0.15, 0.2) is 17.0 Å². The summed E-state index contributed by atoms with van der Waals surface area (Å²) in [6, 6.07) is 20.9. The number of aromatic nitrogens is 1. The van der Waals surface area contributed by atoms with E-state index < -0.39 is 11.4 Å². The largest absolute Gasteiger partial charge is 0.508 e. The topological polar surface area (TPSA) is 79.6 Å². The van der Waals surface area contributed by atoms with Gasteiger partial charge in [0, 0.05) is 47.5 Å². The normalized spacial score (nSPS) is 12.8. The Kier molecular flexibility index (Phi) is 7.26. The molecule has 2 heterocycles. The number of pyridine rings is 1. The van der Waals surface area contributed by atoms with E-state index in [1.165, 1.54) is 0 Å². The molecule has 0 aliphatic carbocycles. The maximum absolute atomic E-state index is 16.2. The van der Waals surface area contributed by atoms with Crippen molar-refractivity contribution in [3.63, 3.8) is 0 Å². The quantitative estimate of drug-likeness (QED) is 0.142. The van der Waals surface area contributed by atoms with Crippen LogP contribution >= 0.6 is 0 Å². The van der Waals surface area contributed by atoms with Crippen LogP contribution < -0.4 is 21.2 Å². The molecule has 6 rings (SSSR count).